The van der Waals surface area contributed by atoms with Crippen LogP contribution in [-0.2, 0) is 15.1 Å². The van der Waals surface area contributed by atoms with Gasteiger partial charge in [0.15, 0.2) is 0 Å². The Hall–Kier alpha value is -1.55. The number of methoxy groups -OCH3 is 1. The fourth-order valence-electron chi connectivity index (χ4n) is 2.87. The molecule has 4 heteroatoms. The van der Waals surface area contributed by atoms with E-state index >= 15 is 0 Å². The first kappa shape index (κ1) is 14.9. The first-order chi connectivity index (χ1) is 9.63. The van der Waals surface area contributed by atoms with Crippen molar-refractivity contribution >= 4 is 5.97 Å². The minimum atomic E-state index is -1.20. The van der Waals surface area contributed by atoms with Crippen molar-refractivity contribution in [3.8, 4) is 5.75 Å². The molecule has 0 bridgehead atoms. The Morgan fingerprint density at radius 2 is 2.25 bits per heavy atom. The van der Waals surface area contributed by atoms with Gasteiger partial charge in [-0.05, 0) is 12.5 Å². The maximum Gasteiger partial charge on any atom is 0.311 e. The average molecular weight is 278 g/mol. The molecule has 0 saturated heterocycles. The molecule has 1 aromatic carbocycles. The van der Waals surface area contributed by atoms with Gasteiger partial charge < -0.3 is 14.6 Å². The fraction of sp³-hybridized carbons (Fsp3) is 0.562. The molecule has 1 heterocycles. The number of carbonyl (C=O) groups is 1. The lowest BCUT2D eigenvalue weighted by Gasteiger charge is -2.39. The second kappa shape index (κ2) is 6.27. The normalized spacial score (nSPS) is 22.6. The van der Waals surface area contributed by atoms with Crippen LogP contribution in [0.3, 0.4) is 0 Å². The Morgan fingerprint density at radius 3 is 2.95 bits per heavy atom. The lowest BCUT2D eigenvalue weighted by molar-refractivity contribution is -0.160. The monoisotopic (exact) mass is 278 g/mol. The molecule has 0 fully saturated rings. The molecule has 0 amide bonds. The van der Waals surface area contributed by atoms with Gasteiger partial charge in [-0.25, -0.2) is 0 Å². The van der Waals surface area contributed by atoms with Crippen LogP contribution in [0.4, 0.5) is 0 Å². The summed E-state index contributed by atoms with van der Waals surface area (Å²) in [6.07, 6.45) is 2.88. The predicted molar refractivity (Wildman–Crippen MR) is 75.5 cm³/mol. The number of hydrogen-bond donors (Lipinski definition) is 1. The second-order valence-corrected chi connectivity index (χ2v) is 5.24. The quantitative estimate of drug-likeness (QED) is 0.841. The zero-order chi connectivity index (χ0) is 14.6. The van der Waals surface area contributed by atoms with Crippen molar-refractivity contribution in [2.45, 2.75) is 38.2 Å². The molecular weight excluding hydrogens is 256 g/mol. The molecule has 0 radical (unpaired) electrons. The van der Waals surface area contributed by atoms with Gasteiger partial charge >= 0.3 is 5.97 Å². The molecule has 2 rings (SSSR count). The van der Waals surface area contributed by atoms with Crippen LogP contribution in [0.25, 0.3) is 0 Å². The molecular formula is C16H22O4. The lowest BCUT2D eigenvalue weighted by Crippen LogP contribution is -2.44. The third-order valence-corrected chi connectivity index (χ3v) is 4.00. The fourth-order valence-corrected chi connectivity index (χ4v) is 2.87. The van der Waals surface area contributed by atoms with E-state index in [1.54, 1.807) is 0 Å². The summed E-state index contributed by atoms with van der Waals surface area (Å²) in [6.45, 7) is 2.48. The highest BCUT2D eigenvalue weighted by molar-refractivity contribution is 5.74. The van der Waals surface area contributed by atoms with Crippen molar-refractivity contribution in [2.75, 3.05) is 13.7 Å². The molecule has 0 spiro atoms. The predicted octanol–water partition coefficient (Wildman–Crippen LogP) is 2.64. The van der Waals surface area contributed by atoms with Gasteiger partial charge in [0.2, 0.25) is 0 Å². The Morgan fingerprint density at radius 1 is 1.50 bits per heavy atom. The Labute approximate surface area is 119 Å². The molecule has 2 atom stereocenters. The van der Waals surface area contributed by atoms with E-state index < -0.39 is 11.5 Å². The topological polar surface area (TPSA) is 55.8 Å². The molecule has 110 valence electrons. The number of aliphatic hydroxyl groups is 1. The maximum atomic E-state index is 12.1. The van der Waals surface area contributed by atoms with E-state index in [9.17, 15) is 9.90 Å². The van der Waals surface area contributed by atoms with Crippen LogP contribution in [0.2, 0.25) is 0 Å². The highest BCUT2D eigenvalue weighted by Crippen LogP contribution is 2.44. The number of benzene rings is 1. The van der Waals surface area contributed by atoms with E-state index in [-0.39, 0.29) is 5.97 Å². The molecule has 0 aliphatic carbocycles. The van der Waals surface area contributed by atoms with Crippen LogP contribution in [-0.4, -0.2) is 24.8 Å². The van der Waals surface area contributed by atoms with Gasteiger partial charge in [0.05, 0.1) is 19.6 Å². The highest BCUT2D eigenvalue weighted by atomic mass is 16.5. The molecule has 2 unspecified atom stereocenters. The average Bonchev–Trinajstić information content (AvgIpc) is 2.48. The van der Waals surface area contributed by atoms with Crippen LogP contribution < -0.4 is 4.74 Å². The number of esters is 1. The summed E-state index contributed by atoms with van der Waals surface area (Å²) >= 11 is 0. The summed E-state index contributed by atoms with van der Waals surface area (Å²) in [5, 5.41) is 11.1. The van der Waals surface area contributed by atoms with Gasteiger partial charge in [0.1, 0.15) is 11.4 Å². The van der Waals surface area contributed by atoms with E-state index in [0.29, 0.717) is 30.8 Å². The number of hydrogen-bond acceptors (Lipinski definition) is 4. The minimum absolute atomic E-state index is 0.349. The Bertz CT molecular complexity index is 471. The number of fused-ring (bicyclic) bond motifs is 1. The van der Waals surface area contributed by atoms with Crippen LogP contribution >= 0.6 is 0 Å². The van der Waals surface area contributed by atoms with Gasteiger partial charge in [-0.2, -0.15) is 0 Å². The van der Waals surface area contributed by atoms with Crippen LogP contribution in [0, 0.1) is 5.92 Å². The number of para-hydroxylation sites is 1. The van der Waals surface area contributed by atoms with E-state index in [1.807, 2.05) is 24.3 Å². The molecule has 1 N–H and O–H groups in total. The van der Waals surface area contributed by atoms with Crippen LogP contribution in [0.15, 0.2) is 24.3 Å². The first-order valence-corrected chi connectivity index (χ1v) is 7.16. The summed E-state index contributed by atoms with van der Waals surface area (Å²) in [4.78, 5) is 12.1. The van der Waals surface area contributed by atoms with Crippen LogP contribution in [0.1, 0.15) is 38.2 Å². The molecule has 1 aliphatic heterocycles. The Balaban J connectivity index is 2.38. The third kappa shape index (κ3) is 2.66. The van der Waals surface area contributed by atoms with Crippen molar-refractivity contribution in [3.05, 3.63) is 29.8 Å². The van der Waals surface area contributed by atoms with Crippen molar-refractivity contribution in [1.82, 2.24) is 0 Å². The van der Waals surface area contributed by atoms with Gasteiger partial charge in [-0.3, -0.25) is 4.79 Å². The van der Waals surface area contributed by atoms with Crippen molar-refractivity contribution in [1.29, 1.82) is 0 Å². The molecule has 0 aromatic heterocycles. The highest BCUT2D eigenvalue weighted by Gasteiger charge is 2.46. The zero-order valence-electron chi connectivity index (χ0n) is 12.1. The number of unbranched alkanes of at least 4 members (excludes halogenated alkanes) is 1. The molecule has 20 heavy (non-hydrogen) atoms. The summed E-state index contributed by atoms with van der Waals surface area (Å²) in [7, 11) is 1.37. The second-order valence-electron chi connectivity index (χ2n) is 5.24. The number of ether oxygens (including phenoxy) is 2. The molecule has 4 nitrogen and oxygen atoms in total. The summed E-state index contributed by atoms with van der Waals surface area (Å²) in [6, 6.07) is 7.38. The SMILES string of the molecule is CCCCC(C(=O)OC)C1(O)CCOc2ccccc21. The van der Waals surface area contributed by atoms with Gasteiger partial charge in [0.25, 0.3) is 0 Å². The van der Waals surface area contributed by atoms with Crippen molar-refractivity contribution < 1.29 is 19.4 Å². The molecule has 0 saturated carbocycles. The van der Waals surface area contributed by atoms with Crippen molar-refractivity contribution in [2.24, 2.45) is 5.92 Å². The summed E-state index contributed by atoms with van der Waals surface area (Å²) < 4.78 is 10.5. The Kier molecular flexibility index (Phi) is 4.65. The summed E-state index contributed by atoms with van der Waals surface area (Å²) in [5.74, 6) is -0.234. The van der Waals surface area contributed by atoms with E-state index in [4.69, 9.17) is 9.47 Å². The van der Waals surface area contributed by atoms with Gasteiger partial charge in [-0.15, -0.1) is 0 Å². The van der Waals surface area contributed by atoms with E-state index in [0.717, 1.165) is 12.8 Å². The minimum Gasteiger partial charge on any atom is -0.493 e. The maximum absolute atomic E-state index is 12.1. The standard InChI is InChI=1S/C16H22O4/c1-3-4-7-13(15(17)19-2)16(18)10-11-20-14-9-6-5-8-12(14)16/h5-6,8-9,13,18H,3-4,7,10-11H2,1-2H3. The third-order valence-electron chi connectivity index (χ3n) is 4.00. The zero-order valence-corrected chi connectivity index (χ0v) is 12.1. The van der Waals surface area contributed by atoms with Crippen molar-refractivity contribution in [3.63, 3.8) is 0 Å². The number of carbonyl (C=O) groups excluding carboxylic acids is 1. The number of rotatable bonds is 5. The largest absolute Gasteiger partial charge is 0.493 e. The van der Waals surface area contributed by atoms with Gasteiger partial charge in [-0.1, -0.05) is 38.0 Å². The molecule has 1 aliphatic rings. The smallest absolute Gasteiger partial charge is 0.311 e. The van der Waals surface area contributed by atoms with E-state index in [2.05, 4.69) is 6.92 Å². The van der Waals surface area contributed by atoms with Gasteiger partial charge in [0, 0.05) is 12.0 Å². The lowest BCUT2D eigenvalue weighted by atomic mass is 9.75. The summed E-state index contributed by atoms with van der Waals surface area (Å²) in [5.41, 5.74) is -0.505. The first-order valence-electron chi connectivity index (χ1n) is 7.16. The molecule has 1 aromatic rings. The van der Waals surface area contributed by atoms with E-state index in [1.165, 1.54) is 7.11 Å². The van der Waals surface area contributed by atoms with Crippen LogP contribution in [0.5, 0.6) is 5.75 Å².